The second-order valence-corrected chi connectivity index (χ2v) is 8.44. The summed E-state index contributed by atoms with van der Waals surface area (Å²) in [4.78, 5) is 26.0. The molecule has 1 saturated heterocycles. The average Bonchev–Trinajstić information content (AvgIpc) is 2.87. The Morgan fingerprint density at radius 1 is 1.18 bits per heavy atom. The zero-order valence-electron chi connectivity index (χ0n) is 19.0. The molecule has 33 heavy (non-hydrogen) atoms. The predicted octanol–water partition coefficient (Wildman–Crippen LogP) is 4.14. The molecule has 2 aromatic carbocycles. The molecule has 1 aliphatic rings. The van der Waals surface area contributed by atoms with E-state index in [9.17, 15) is 9.18 Å². The highest BCUT2D eigenvalue weighted by atomic mass is 19.1. The number of amides is 1. The fourth-order valence-corrected chi connectivity index (χ4v) is 4.17. The van der Waals surface area contributed by atoms with Crippen molar-refractivity contribution in [2.45, 2.75) is 19.3 Å². The lowest BCUT2D eigenvalue weighted by Crippen LogP contribution is -2.43. The minimum absolute atomic E-state index is 0.0711. The molecule has 0 unspecified atom stereocenters. The number of piperidine rings is 1. The van der Waals surface area contributed by atoms with Gasteiger partial charge in [-0.05, 0) is 49.6 Å². The summed E-state index contributed by atoms with van der Waals surface area (Å²) in [7, 11) is 2.07. The highest BCUT2D eigenvalue weighted by Gasteiger charge is 2.26. The second kappa shape index (κ2) is 10.9. The van der Waals surface area contributed by atoms with E-state index in [0.29, 0.717) is 24.5 Å². The first kappa shape index (κ1) is 22.7. The lowest BCUT2D eigenvalue weighted by Gasteiger charge is -2.33. The van der Waals surface area contributed by atoms with Crippen LogP contribution in [-0.4, -0.2) is 49.1 Å². The first-order chi connectivity index (χ1) is 16.1. The van der Waals surface area contributed by atoms with E-state index in [1.807, 2.05) is 24.3 Å². The molecule has 6 nitrogen and oxygen atoms in total. The van der Waals surface area contributed by atoms with E-state index in [2.05, 4.69) is 44.3 Å². The van der Waals surface area contributed by atoms with Gasteiger partial charge in [0.2, 0.25) is 5.91 Å². The van der Waals surface area contributed by atoms with E-state index in [0.717, 1.165) is 38.2 Å². The van der Waals surface area contributed by atoms with Gasteiger partial charge < -0.3 is 15.1 Å². The molecule has 172 valence electrons. The predicted molar refractivity (Wildman–Crippen MR) is 130 cm³/mol. The average molecular weight is 448 g/mol. The number of hydrogen-bond acceptors (Lipinski definition) is 5. The van der Waals surface area contributed by atoms with Crippen molar-refractivity contribution < 1.29 is 9.18 Å². The maximum Gasteiger partial charge on any atom is 0.224 e. The van der Waals surface area contributed by atoms with Gasteiger partial charge in [-0.2, -0.15) is 0 Å². The molecule has 1 aliphatic heterocycles. The number of anilines is 2. The summed E-state index contributed by atoms with van der Waals surface area (Å²) < 4.78 is 13.6. The number of hydrogen-bond donors (Lipinski definition) is 1. The third-order valence-corrected chi connectivity index (χ3v) is 6.01. The van der Waals surface area contributed by atoms with Crippen LogP contribution in [-0.2, 0) is 4.79 Å². The van der Waals surface area contributed by atoms with Crippen LogP contribution in [0.2, 0.25) is 0 Å². The molecule has 1 aromatic heterocycles. The molecule has 1 atom stereocenters. The van der Waals surface area contributed by atoms with Crippen LogP contribution in [0.25, 0.3) is 11.4 Å². The molecule has 1 fully saturated rings. The van der Waals surface area contributed by atoms with Gasteiger partial charge in [-0.1, -0.05) is 30.3 Å². The first-order valence-electron chi connectivity index (χ1n) is 11.5. The van der Waals surface area contributed by atoms with Gasteiger partial charge >= 0.3 is 0 Å². The number of nitrogens with one attached hydrogen (secondary N) is 1. The normalized spacial score (nSPS) is 15.8. The van der Waals surface area contributed by atoms with Crippen LogP contribution in [0.1, 0.15) is 19.3 Å². The minimum Gasteiger partial charge on any atom is -0.375 e. The third kappa shape index (κ3) is 6.06. The summed E-state index contributed by atoms with van der Waals surface area (Å²) in [6.45, 7) is 3.00. The van der Waals surface area contributed by atoms with Gasteiger partial charge in [0.05, 0.1) is 5.92 Å². The Kier molecular flexibility index (Phi) is 7.50. The number of halogens is 1. The van der Waals surface area contributed by atoms with Gasteiger partial charge in [-0.15, -0.1) is 0 Å². The van der Waals surface area contributed by atoms with Crippen molar-refractivity contribution in [3.05, 3.63) is 72.7 Å². The van der Waals surface area contributed by atoms with Crippen LogP contribution >= 0.6 is 0 Å². The van der Waals surface area contributed by atoms with Crippen molar-refractivity contribution in [1.29, 1.82) is 0 Å². The van der Waals surface area contributed by atoms with Gasteiger partial charge in [0.15, 0.2) is 5.82 Å². The number of benzene rings is 2. The van der Waals surface area contributed by atoms with E-state index in [4.69, 9.17) is 0 Å². The Bertz CT molecular complexity index is 1060. The summed E-state index contributed by atoms with van der Waals surface area (Å²) in [5.41, 5.74) is 1.82. The van der Waals surface area contributed by atoms with Gasteiger partial charge in [0.25, 0.3) is 0 Å². The maximum atomic E-state index is 13.6. The van der Waals surface area contributed by atoms with Crippen molar-refractivity contribution in [3.63, 3.8) is 0 Å². The molecule has 1 N–H and O–H groups in total. The van der Waals surface area contributed by atoms with Crippen LogP contribution < -0.4 is 15.1 Å². The fraction of sp³-hybridized carbons (Fsp3) is 0.346. The molecule has 0 saturated carbocycles. The number of aromatic nitrogens is 2. The molecule has 4 rings (SSSR count). The van der Waals surface area contributed by atoms with Crippen LogP contribution in [0.5, 0.6) is 0 Å². The van der Waals surface area contributed by atoms with E-state index in [1.54, 1.807) is 18.3 Å². The Morgan fingerprint density at radius 3 is 2.85 bits per heavy atom. The van der Waals surface area contributed by atoms with Crippen LogP contribution in [0.15, 0.2) is 66.9 Å². The zero-order chi connectivity index (χ0) is 23.0. The van der Waals surface area contributed by atoms with Crippen LogP contribution in [0.3, 0.4) is 0 Å². The highest BCUT2D eigenvalue weighted by molar-refractivity contribution is 5.79. The quantitative estimate of drug-likeness (QED) is 0.526. The minimum atomic E-state index is -0.314. The van der Waals surface area contributed by atoms with Crippen molar-refractivity contribution in [1.82, 2.24) is 15.3 Å². The molecular formula is C26H30FN5O. The zero-order valence-corrected chi connectivity index (χ0v) is 19.0. The van der Waals surface area contributed by atoms with E-state index >= 15 is 0 Å². The number of carbonyl (C=O) groups is 1. The SMILES string of the molecule is CN(CCCNC(=O)[C@H]1CCCN(c2ccnc(-c3cccc(F)c3)n2)C1)c1ccccc1. The fourth-order valence-electron chi connectivity index (χ4n) is 4.17. The molecule has 0 spiro atoms. The molecule has 7 heteroatoms. The number of rotatable bonds is 8. The molecular weight excluding hydrogens is 417 g/mol. The van der Waals surface area contributed by atoms with Gasteiger partial charge in [-0.25, -0.2) is 14.4 Å². The smallest absolute Gasteiger partial charge is 0.224 e. The van der Waals surface area contributed by atoms with Gasteiger partial charge in [0.1, 0.15) is 11.6 Å². The third-order valence-electron chi connectivity index (χ3n) is 6.01. The van der Waals surface area contributed by atoms with E-state index < -0.39 is 0 Å². The van der Waals surface area contributed by atoms with Crippen molar-refractivity contribution >= 4 is 17.4 Å². The molecule has 3 aromatic rings. The van der Waals surface area contributed by atoms with Crippen LogP contribution in [0, 0.1) is 11.7 Å². The molecule has 0 radical (unpaired) electrons. The Labute approximate surface area is 194 Å². The Balaban J connectivity index is 1.29. The first-order valence-corrected chi connectivity index (χ1v) is 11.5. The summed E-state index contributed by atoms with van der Waals surface area (Å²) >= 11 is 0. The number of nitrogens with zero attached hydrogens (tertiary/aromatic N) is 4. The lowest BCUT2D eigenvalue weighted by atomic mass is 9.97. The second-order valence-electron chi connectivity index (χ2n) is 8.44. The van der Waals surface area contributed by atoms with Crippen molar-refractivity contribution in [2.75, 3.05) is 43.0 Å². The topological polar surface area (TPSA) is 61.4 Å². The molecule has 0 bridgehead atoms. The standard InChI is InChI=1S/C26H30FN5O/c1-31(23-11-3-2-4-12-23)16-7-14-29-26(33)21-9-6-17-32(19-21)24-13-15-28-25(30-24)20-8-5-10-22(27)18-20/h2-5,8,10-13,15,18,21H,6-7,9,14,16-17,19H2,1H3,(H,29,33)/t21-/m0/s1. The summed E-state index contributed by atoms with van der Waals surface area (Å²) in [5, 5.41) is 3.11. The molecule has 2 heterocycles. The molecule has 1 amide bonds. The van der Waals surface area contributed by atoms with E-state index in [-0.39, 0.29) is 17.6 Å². The lowest BCUT2D eigenvalue weighted by molar-refractivity contribution is -0.125. The Morgan fingerprint density at radius 2 is 2.03 bits per heavy atom. The van der Waals surface area contributed by atoms with Gasteiger partial charge in [-0.3, -0.25) is 4.79 Å². The summed E-state index contributed by atoms with van der Waals surface area (Å²) in [6, 6.07) is 18.4. The number of para-hydroxylation sites is 1. The highest BCUT2D eigenvalue weighted by Crippen LogP contribution is 2.24. The van der Waals surface area contributed by atoms with Crippen molar-refractivity contribution in [2.24, 2.45) is 5.92 Å². The van der Waals surface area contributed by atoms with Crippen LogP contribution in [0.4, 0.5) is 15.9 Å². The summed E-state index contributed by atoms with van der Waals surface area (Å²) in [5.74, 6) is 0.971. The van der Waals surface area contributed by atoms with Gasteiger partial charge in [0, 0.05) is 50.7 Å². The largest absolute Gasteiger partial charge is 0.375 e. The monoisotopic (exact) mass is 447 g/mol. The Hall–Kier alpha value is -3.48. The van der Waals surface area contributed by atoms with E-state index in [1.165, 1.54) is 17.8 Å². The summed E-state index contributed by atoms with van der Waals surface area (Å²) in [6.07, 6.45) is 4.37. The maximum absolute atomic E-state index is 13.6. The van der Waals surface area contributed by atoms with Crippen molar-refractivity contribution in [3.8, 4) is 11.4 Å². The number of carbonyl (C=O) groups excluding carboxylic acids is 1. The molecule has 0 aliphatic carbocycles.